The third kappa shape index (κ3) is 1.81. The second kappa shape index (κ2) is 3.76. The molecule has 0 N–H and O–H groups in total. The van der Waals surface area contributed by atoms with Crippen molar-refractivity contribution in [2.45, 2.75) is 6.42 Å². The molecule has 1 saturated heterocycles. The van der Waals surface area contributed by atoms with Crippen molar-refractivity contribution in [1.82, 2.24) is 4.90 Å². The topological polar surface area (TPSA) is 12.5 Å². The number of morpholine rings is 1. The summed E-state index contributed by atoms with van der Waals surface area (Å²) in [7, 11) is 0.226. The SMILES string of the molecule is CP1C=C(N2CCOCC2)CC1. The second-order valence-electron chi connectivity index (χ2n) is 3.45. The maximum Gasteiger partial charge on any atom is 0.0642 e. The number of allylic oxidation sites excluding steroid dienone is 1. The van der Waals surface area contributed by atoms with Crippen LogP contribution in [-0.4, -0.2) is 44.0 Å². The van der Waals surface area contributed by atoms with Crippen molar-refractivity contribution in [3.8, 4) is 0 Å². The van der Waals surface area contributed by atoms with E-state index in [1.165, 1.54) is 12.6 Å². The minimum atomic E-state index is 0.226. The highest BCUT2D eigenvalue weighted by atomic mass is 31.1. The smallest absolute Gasteiger partial charge is 0.0642 e. The van der Waals surface area contributed by atoms with Crippen molar-refractivity contribution in [2.75, 3.05) is 39.1 Å². The second-order valence-corrected chi connectivity index (χ2v) is 5.67. The molecule has 0 spiro atoms. The van der Waals surface area contributed by atoms with Crippen LogP contribution in [0.3, 0.4) is 0 Å². The normalized spacial score (nSPS) is 30.6. The molecule has 68 valence electrons. The summed E-state index contributed by atoms with van der Waals surface area (Å²) in [6.07, 6.45) is 2.71. The van der Waals surface area contributed by atoms with Crippen LogP contribution in [0.4, 0.5) is 0 Å². The molecule has 12 heavy (non-hydrogen) atoms. The van der Waals surface area contributed by atoms with E-state index in [0.717, 1.165) is 26.3 Å². The molecule has 0 aromatic rings. The summed E-state index contributed by atoms with van der Waals surface area (Å²) in [5.74, 6) is 2.49. The van der Waals surface area contributed by atoms with E-state index < -0.39 is 0 Å². The van der Waals surface area contributed by atoms with E-state index in [1.807, 2.05) is 0 Å². The molecule has 0 amide bonds. The van der Waals surface area contributed by atoms with Gasteiger partial charge < -0.3 is 9.64 Å². The van der Waals surface area contributed by atoms with E-state index in [2.05, 4.69) is 17.4 Å². The summed E-state index contributed by atoms with van der Waals surface area (Å²) in [6.45, 7) is 6.41. The van der Waals surface area contributed by atoms with Crippen LogP contribution in [0.5, 0.6) is 0 Å². The Morgan fingerprint density at radius 2 is 2.17 bits per heavy atom. The molecule has 2 nitrogen and oxygen atoms in total. The van der Waals surface area contributed by atoms with Gasteiger partial charge in [-0.05, 0) is 25.1 Å². The Hall–Kier alpha value is -0.0700. The van der Waals surface area contributed by atoms with E-state index >= 15 is 0 Å². The quantitative estimate of drug-likeness (QED) is 0.576. The highest BCUT2D eigenvalue weighted by Gasteiger charge is 2.18. The van der Waals surface area contributed by atoms with E-state index in [4.69, 9.17) is 4.74 Å². The van der Waals surface area contributed by atoms with Crippen molar-refractivity contribution >= 4 is 7.92 Å². The molecule has 1 fully saturated rings. The van der Waals surface area contributed by atoms with Crippen molar-refractivity contribution < 1.29 is 4.74 Å². The van der Waals surface area contributed by atoms with Gasteiger partial charge in [0.2, 0.25) is 0 Å². The largest absolute Gasteiger partial charge is 0.378 e. The van der Waals surface area contributed by atoms with Crippen LogP contribution >= 0.6 is 7.92 Å². The first-order valence-corrected chi connectivity index (χ1v) is 6.64. The number of hydrogen-bond donors (Lipinski definition) is 0. The van der Waals surface area contributed by atoms with Gasteiger partial charge in [-0.1, -0.05) is 7.92 Å². The Morgan fingerprint density at radius 3 is 2.75 bits per heavy atom. The molecule has 0 bridgehead atoms. The molecule has 0 saturated carbocycles. The molecule has 0 aromatic carbocycles. The van der Waals surface area contributed by atoms with Gasteiger partial charge in [-0.2, -0.15) is 0 Å². The molecule has 3 heteroatoms. The number of rotatable bonds is 1. The van der Waals surface area contributed by atoms with E-state index in [9.17, 15) is 0 Å². The maximum absolute atomic E-state index is 5.32. The summed E-state index contributed by atoms with van der Waals surface area (Å²) in [5, 5.41) is 0. The van der Waals surface area contributed by atoms with Gasteiger partial charge in [0, 0.05) is 18.8 Å². The van der Waals surface area contributed by atoms with Gasteiger partial charge in [0.25, 0.3) is 0 Å². The van der Waals surface area contributed by atoms with Gasteiger partial charge in [-0.15, -0.1) is 0 Å². The molecule has 2 heterocycles. The molecular weight excluding hydrogens is 169 g/mol. The van der Waals surface area contributed by atoms with Crippen molar-refractivity contribution in [3.05, 3.63) is 11.5 Å². The summed E-state index contributed by atoms with van der Waals surface area (Å²) < 4.78 is 5.32. The minimum Gasteiger partial charge on any atom is -0.378 e. The Morgan fingerprint density at radius 1 is 1.42 bits per heavy atom. The van der Waals surface area contributed by atoms with Crippen LogP contribution in [0.25, 0.3) is 0 Å². The van der Waals surface area contributed by atoms with Gasteiger partial charge in [0.05, 0.1) is 13.2 Å². The van der Waals surface area contributed by atoms with Crippen LogP contribution in [-0.2, 0) is 4.74 Å². The molecule has 0 aliphatic carbocycles. The summed E-state index contributed by atoms with van der Waals surface area (Å²) in [5.41, 5.74) is 1.59. The summed E-state index contributed by atoms with van der Waals surface area (Å²) in [4.78, 5) is 2.50. The summed E-state index contributed by atoms with van der Waals surface area (Å²) in [6, 6.07) is 0. The monoisotopic (exact) mass is 185 g/mol. The maximum atomic E-state index is 5.32. The lowest BCUT2D eigenvalue weighted by Crippen LogP contribution is -2.35. The summed E-state index contributed by atoms with van der Waals surface area (Å²) >= 11 is 0. The predicted molar refractivity (Wildman–Crippen MR) is 52.8 cm³/mol. The van der Waals surface area contributed by atoms with Gasteiger partial charge in [0.15, 0.2) is 0 Å². The predicted octanol–water partition coefficient (Wildman–Crippen LogP) is 1.68. The molecular formula is C9H16NOP. The lowest BCUT2D eigenvalue weighted by Gasteiger charge is -2.29. The lowest BCUT2D eigenvalue weighted by molar-refractivity contribution is 0.0528. The lowest BCUT2D eigenvalue weighted by atomic mass is 10.3. The number of hydrogen-bond acceptors (Lipinski definition) is 2. The molecule has 1 unspecified atom stereocenters. The Bertz CT molecular complexity index is 187. The third-order valence-electron chi connectivity index (χ3n) is 2.51. The number of ether oxygens (including phenoxy) is 1. The van der Waals surface area contributed by atoms with Crippen molar-refractivity contribution in [2.24, 2.45) is 0 Å². The fourth-order valence-electron chi connectivity index (χ4n) is 1.76. The minimum absolute atomic E-state index is 0.226. The first kappa shape index (κ1) is 8.52. The van der Waals surface area contributed by atoms with Gasteiger partial charge in [0.1, 0.15) is 0 Å². The highest BCUT2D eigenvalue weighted by molar-refractivity contribution is 7.60. The molecule has 2 aliphatic heterocycles. The van der Waals surface area contributed by atoms with E-state index in [0.29, 0.717) is 0 Å². The highest BCUT2D eigenvalue weighted by Crippen LogP contribution is 2.42. The molecule has 0 aromatic heterocycles. The van der Waals surface area contributed by atoms with Crippen LogP contribution in [0.1, 0.15) is 6.42 Å². The number of nitrogens with zero attached hydrogens (tertiary/aromatic N) is 1. The average molecular weight is 185 g/mol. The van der Waals surface area contributed by atoms with Crippen LogP contribution in [0.15, 0.2) is 11.5 Å². The average Bonchev–Trinajstić information content (AvgIpc) is 2.54. The molecule has 0 radical (unpaired) electrons. The zero-order chi connectivity index (χ0) is 8.39. The van der Waals surface area contributed by atoms with Gasteiger partial charge in [-0.25, -0.2) is 0 Å². The zero-order valence-electron chi connectivity index (χ0n) is 7.62. The molecule has 2 rings (SSSR count). The third-order valence-corrected chi connectivity index (χ3v) is 4.18. The Kier molecular flexibility index (Phi) is 2.67. The first-order valence-electron chi connectivity index (χ1n) is 4.60. The zero-order valence-corrected chi connectivity index (χ0v) is 8.52. The van der Waals surface area contributed by atoms with Crippen LogP contribution in [0.2, 0.25) is 0 Å². The standard InChI is InChI=1S/C9H16NOP/c1-12-7-2-9(8-12)10-3-5-11-6-4-10/h8H,2-7H2,1H3. The van der Waals surface area contributed by atoms with Crippen LogP contribution < -0.4 is 0 Å². The van der Waals surface area contributed by atoms with Gasteiger partial charge >= 0.3 is 0 Å². The van der Waals surface area contributed by atoms with Gasteiger partial charge in [-0.3, -0.25) is 0 Å². The first-order chi connectivity index (χ1) is 5.86. The van der Waals surface area contributed by atoms with E-state index in [-0.39, 0.29) is 7.92 Å². The van der Waals surface area contributed by atoms with E-state index in [1.54, 1.807) is 5.70 Å². The fraction of sp³-hybridized carbons (Fsp3) is 0.778. The van der Waals surface area contributed by atoms with Crippen LogP contribution in [0, 0.1) is 0 Å². The fourth-order valence-corrected chi connectivity index (χ4v) is 3.28. The Labute approximate surface area is 75.3 Å². The van der Waals surface area contributed by atoms with Crippen molar-refractivity contribution in [3.63, 3.8) is 0 Å². The molecule has 2 aliphatic rings. The molecule has 1 atom stereocenters. The van der Waals surface area contributed by atoms with Crippen molar-refractivity contribution in [1.29, 1.82) is 0 Å². The Balaban J connectivity index is 1.94.